The maximum Gasteiger partial charge on any atom is 0.0487 e. The minimum atomic E-state index is 0.325. The number of methoxy groups -OCH3 is 1. The van der Waals surface area contributed by atoms with Gasteiger partial charge in [-0.3, -0.25) is 0 Å². The van der Waals surface area contributed by atoms with Gasteiger partial charge in [0.1, 0.15) is 0 Å². The Bertz CT molecular complexity index is 314. The second-order valence-electron chi connectivity index (χ2n) is 4.15. The molecule has 0 radical (unpaired) electrons. The highest BCUT2D eigenvalue weighted by Crippen LogP contribution is 2.23. The molecule has 1 aromatic rings. The van der Waals surface area contributed by atoms with Crippen LogP contribution in [0, 0.1) is 0 Å². The van der Waals surface area contributed by atoms with Crippen molar-refractivity contribution in [2.24, 2.45) is 0 Å². The third-order valence-electron chi connectivity index (χ3n) is 2.78. The molecule has 0 spiro atoms. The molecule has 0 amide bonds. The highest BCUT2D eigenvalue weighted by Gasteiger charge is 2.10. The summed E-state index contributed by atoms with van der Waals surface area (Å²) in [5.41, 5.74) is 1.22. The van der Waals surface area contributed by atoms with Gasteiger partial charge in [0.25, 0.3) is 0 Å². The number of benzene rings is 1. The van der Waals surface area contributed by atoms with E-state index in [4.69, 9.17) is 32.7 Å². The van der Waals surface area contributed by atoms with Gasteiger partial charge in [-0.1, -0.05) is 23.7 Å². The Kier molecular flexibility index (Phi) is 8.44. The van der Waals surface area contributed by atoms with Crippen LogP contribution >= 0.6 is 23.2 Å². The summed E-state index contributed by atoms with van der Waals surface area (Å²) in [5, 5.41) is 0.753. The fourth-order valence-electron chi connectivity index (χ4n) is 1.70. The number of ether oxygens (including phenoxy) is 2. The first-order valence-corrected chi connectivity index (χ1v) is 7.07. The molecule has 0 aliphatic carbocycles. The van der Waals surface area contributed by atoms with E-state index >= 15 is 0 Å². The molecule has 4 heteroatoms. The van der Waals surface area contributed by atoms with Crippen LogP contribution in [0.25, 0.3) is 0 Å². The van der Waals surface area contributed by atoms with Crippen LogP contribution in [0.5, 0.6) is 0 Å². The fourth-order valence-corrected chi connectivity index (χ4v) is 2.16. The van der Waals surface area contributed by atoms with E-state index in [1.54, 1.807) is 7.11 Å². The minimum absolute atomic E-state index is 0.325. The molecule has 0 saturated carbocycles. The summed E-state index contributed by atoms with van der Waals surface area (Å²) in [7, 11) is 1.70. The second kappa shape index (κ2) is 9.62. The van der Waals surface area contributed by atoms with Crippen molar-refractivity contribution < 1.29 is 9.47 Å². The Morgan fingerprint density at radius 2 is 1.83 bits per heavy atom. The van der Waals surface area contributed by atoms with Crippen LogP contribution in [0.4, 0.5) is 0 Å². The van der Waals surface area contributed by atoms with Crippen LogP contribution < -0.4 is 0 Å². The SMILES string of the molecule is COCCCOCCC(CCl)c1ccc(Cl)cc1. The standard InChI is InChI=1S/C14H20Cl2O2/c1-17-8-2-9-18-10-7-13(11-15)12-3-5-14(16)6-4-12/h3-6,13H,2,7-11H2,1H3. The van der Waals surface area contributed by atoms with Crippen LogP contribution in [0.1, 0.15) is 24.3 Å². The quantitative estimate of drug-likeness (QED) is 0.503. The number of hydrogen-bond acceptors (Lipinski definition) is 2. The number of alkyl halides is 1. The molecule has 1 unspecified atom stereocenters. The first kappa shape index (κ1) is 15.8. The van der Waals surface area contributed by atoms with Gasteiger partial charge in [0, 0.05) is 37.8 Å². The molecule has 0 heterocycles. The van der Waals surface area contributed by atoms with Gasteiger partial charge in [-0.15, -0.1) is 11.6 Å². The van der Waals surface area contributed by atoms with Crippen LogP contribution in [0.2, 0.25) is 5.02 Å². The summed E-state index contributed by atoms with van der Waals surface area (Å²) in [4.78, 5) is 0. The van der Waals surface area contributed by atoms with Gasteiger partial charge in [0.05, 0.1) is 0 Å². The number of halogens is 2. The van der Waals surface area contributed by atoms with Crippen molar-refractivity contribution in [1.82, 2.24) is 0 Å². The lowest BCUT2D eigenvalue weighted by molar-refractivity contribution is 0.0990. The Morgan fingerprint density at radius 3 is 2.44 bits per heavy atom. The van der Waals surface area contributed by atoms with Crippen LogP contribution in [0.15, 0.2) is 24.3 Å². The van der Waals surface area contributed by atoms with Crippen molar-refractivity contribution in [1.29, 1.82) is 0 Å². The zero-order valence-electron chi connectivity index (χ0n) is 10.7. The molecule has 0 N–H and O–H groups in total. The zero-order chi connectivity index (χ0) is 13.2. The largest absolute Gasteiger partial charge is 0.385 e. The number of hydrogen-bond donors (Lipinski definition) is 0. The topological polar surface area (TPSA) is 18.5 Å². The smallest absolute Gasteiger partial charge is 0.0487 e. The first-order valence-electron chi connectivity index (χ1n) is 6.16. The monoisotopic (exact) mass is 290 g/mol. The summed E-state index contributed by atoms with van der Waals surface area (Å²) < 4.78 is 10.5. The Morgan fingerprint density at radius 1 is 1.11 bits per heavy atom. The third-order valence-corrected chi connectivity index (χ3v) is 3.40. The first-order chi connectivity index (χ1) is 8.77. The van der Waals surface area contributed by atoms with Crippen LogP contribution in [-0.2, 0) is 9.47 Å². The molecule has 0 saturated heterocycles. The Hall–Kier alpha value is -0.280. The molecule has 18 heavy (non-hydrogen) atoms. The molecular formula is C14H20Cl2O2. The molecule has 2 nitrogen and oxygen atoms in total. The lowest BCUT2D eigenvalue weighted by atomic mass is 9.98. The van der Waals surface area contributed by atoms with Gasteiger partial charge < -0.3 is 9.47 Å². The summed E-state index contributed by atoms with van der Waals surface area (Å²) in [6.45, 7) is 2.21. The predicted molar refractivity (Wildman–Crippen MR) is 76.8 cm³/mol. The van der Waals surface area contributed by atoms with E-state index in [0.29, 0.717) is 11.8 Å². The van der Waals surface area contributed by atoms with Gasteiger partial charge in [-0.25, -0.2) is 0 Å². The van der Waals surface area contributed by atoms with Crippen molar-refractivity contribution in [2.45, 2.75) is 18.8 Å². The second-order valence-corrected chi connectivity index (χ2v) is 4.90. The molecule has 1 aromatic carbocycles. The van der Waals surface area contributed by atoms with Crippen molar-refractivity contribution in [3.05, 3.63) is 34.9 Å². The lowest BCUT2D eigenvalue weighted by Gasteiger charge is -2.14. The molecule has 0 bridgehead atoms. The molecule has 0 fully saturated rings. The van der Waals surface area contributed by atoms with Gasteiger partial charge >= 0.3 is 0 Å². The highest BCUT2D eigenvalue weighted by atomic mass is 35.5. The van der Waals surface area contributed by atoms with E-state index in [1.165, 1.54) is 5.56 Å². The predicted octanol–water partition coefficient (Wildman–Crippen LogP) is 4.11. The average molecular weight is 291 g/mol. The zero-order valence-corrected chi connectivity index (χ0v) is 12.2. The van der Waals surface area contributed by atoms with Crippen molar-refractivity contribution >= 4 is 23.2 Å². The van der Waals surface area contributed by atoms with E-state index in [9.17, 15) is 0 Å². The lowest BCUT2D eigenvalue weighted by Crippen LogP contribution is -2.07. The van der Waals surface area contributed by atoms with Crippen molar-refractivity contribution in [3.63, 3.8) is 0 Å². The molecule has 102 valence electrons. The summed E-state index contributed by atoms with van der Waals surface area (Å²) in [5.74, 6) is 0.926. The molecular weight excluding hydrogens is 271 g/mol. The summed E-state index contributed by atoms with van der Waals surface area (Å²) in [6, 6.07) is 7.85. The maximum atomic E-state index is 6.00. The molecule has 0 aromatic heterocycles. The van der Waals surface area contributed by atoms with E-state index < -0.39 is 0 Å². The van der Waals surface area contributed by atoms with E-state index in [0.717, 1.165) is 37.7 Å². The fraction of sp³-hybridized carbons (Fsp3) is 0.571. The molecule has 0 aliphatic heterocycles. The van der Waals surface area contributed by atoms with Crippen LogP contribution in [0.3, 0.4) is 0 Å². The number of rotatable bonds is 9. The van der Waals surface area contributed by atoms with Crippen molar-refractivity contribution in [3.8, 4) is 0 Å². The minimum Gasteiger partial charge on any atom is -0.385 e. The Balaban J connectivity index is 2.27. The summed E-state index contributed by atoms with van der Waals surface area (Å²) in [6.07, 6.45) is 1.86. The van der Waals surface area contributed by atoms with E-state index in [-0.39, 0.29) is 0 Å². The normalized spacial score (nSPS) is 12.6. The molecule has 1 rings (SSSR count). The van der Waals surface area contributed by atoms with E-state index in [2.05, 4.69) is 0 Å². The van der Waals surface area contributed by atoms with Gasteiger partial charge in [0.2, 0.25) is 0 Å². The average Bonchev–Trinajstić information content (AvgIpc) is 2.39. The maximum absolute atomic E-state index is 6.00. The van der Waals surface area contributed by atoms with Gasteiger partial charge in [-0.05, 0) is 36.5 Å². The summed E-state index contributed by atoms with van der Waals surface area (Å²) >= 11 is 11.9. The van der Waals surface area contributed by atoms with Gasteiger partial charge in [0.15, 0.2) is 0 Å². The molecule has 1 atom stereocenters. The third kappa shape index (κ3) is 6.05. The Labute approximate surface area is 119 Å². The van der Waals surface area contributed by atoms with Crippen molar-refractivity contribution in [2.75, 3.05) is 32.8 Å². The highest BCUT2D eigenvalue weighted by molar-refractivity contribution is 6.30. The van der Waals surface area contributed by atoms with Gasteiger partial charge in [-0.2, -0.15) is 0 Å². The molecule has 0 aliphatic rings. The van der Waals surface area contributed by atoms with E-state index in [1.807, 2.05) is 24.3 Å². The van der Waals surface area contributed by atoms with Crippen LogP contribution in [-0.4, -0.2) is 32.8 Å².